The summed E-state index contributed by atoms with van der Waals surface area (Å²) in [5.41, 5.74) is 6.35. The fourth-order valence-corrected chi connectivity index (χ4v) is 4.52. The third-order valence-electron chi connectivity index (χ3n) is 6.46. The van der Waals surface area contributed by atoms with Gasteiger partial charge in [-0.3, -0.25) is 4.79 Å². The van der Waals surface area contributed by atoms with E-state index in [9.17, 15) is 4.79 Å². The number of carboxylic acid groups (broad SMARTS) is 1. The highest BCUT2D eigenvalue weighted by Crippen LogP contribution is 2.36. The molecule has 1 aliphatic rings. The predicted octanol–water partition coefficient (Wildman–Crippen LogP) is 6.30. The number of carboxylic acids is 1. The molecule has 0 saturated heterocycles. The van der Waals surface area contributed by atoms with Crippen molar-refractivity contribution in [1.29, 1.82) is 0 Å². The van der Waals surface area contributed by atoms with Gasteiger partial charge in [-0.15, -0.1) is 0 Å². The van der Waals surface area contributed by atoms with Crippen molar-refractivity contribution >= 4 is 11.8 Å². The smallest absolute Gasteiger partial charge is 0.303 e. The van der Waals surface area contributed by atoms with Crippen LogP contribution in [0.4, 0.5) is 5.82 Å². The van der Waals surface area contributed by atoms with Gasteiger partial charge >= 0.3 is 5.97 Å². The molecule has 0 aliphatic carbocycles. The molecule has 5 nitrogen and oxygen atoms in total. The summed E-state index contributed by atoms with van der Waals surface area (Å²) in [7, 11) is 0. The average molecular weight is 444 g/mol. The monoisotopic (exact) mass is 443 g/mol. The Morgan fingerprint density at radius 2 is 1.61 bits per heavy atom. The third kappa shape index (κ3) is 5.59. The first-order valence-electron chi connectivity index (χ1n) is 12.0. The van der Waals surface area contributed by atoms with Crippen LogP contribution in [0.2, 0.25) is 0 Å². The molecule has 5 heteroatoms. The zero-order valence-corrected chi connectivity index (χ0v) is 19.6. The summed E-state index contributed by atoms with van der Waals surface area (Å²) >= 11 is 0. The predicted molar refractivity (Wildman–Crippen MR) is 133 cm³/mol. The number of rotatable bonds is 9. The van der Waals surface area contributed by atoms with Crippen LogP contribution in [0.1, 0.15) is 56.7 Å². The van der Waals surface area contributed by atoms with Gasteiger partial charge in [0.25, 0.3) is 0 Å². The Morgan fingerprint density at radius 3 is 2.33 bits per heavy atom. The lowest BCUT2D eigenvalue weighted by molar-refractivity contribution is -0.137. The Balaban J connectivity index is 1.64. The summed E-state index contributed by atoms with van der Waals surface area (Å²) in [5, 5.41) is 8.83. The normalized spacial score (nSPS) is 15.3. The molecule has 2 aromatic carbocycles. The summed E-state index contributed by atoms with van der Waals surface area (Å²) in [4.78, 5) is 23.6. The molecular formula is C28H33N3O2. The van der Waals surface area contributed by atoms with E-state index >= 15 is 0 Å². The molecule has 4 rings (SSSR count). The van der Waals surface area contributed by atoms with E-state index in [1.165, 1.54) is 5.56 Å². The second-order valence-electron chi connectivity index (χ2n) is 9.06. The lowest BCUT2D eigenvalue weighted by Gasteiger charge is -2.36. The van der Waals surface area contributed by atoms with Gasteiger partial charge in [-0.2, -0.15) is 0 Å². The number of unbranched alkanes of at least 4 members (excludes halogenated alkanes) is 3. The van der Waals surface area contributed by atoms with Crippen LogP contribution in [0, 0.1) is 6.92 Å². The van der Waals surface area contributed by atoms with Gasteiger partial charge in [0.05, 0.1) is 17.1 Å². The summed E-state index contributed by atoms with van der Waals surface area (Å²) in [6.45, 7) is 5.29. The molecule has 0 saturated carbocycles. The van der Waals surface area contributed by atoms with E-state index in [1.807, 2.05) is 18.2 Å². The number of aryl methyl sites for hydroxylation is 2. The summed E-state index contributed by atoms with van der Waals surface area (Å²) in [5.74, 6) is 0.302. The van der Waals surface area contributed by atoms with E-state index in [2.05, 4.69) is 55.1 Å². The van der Waals surface area contributed by atoms with Gasteiger partial charge in [-0.05, 0) is 39.5 Å². The molecule has 172 valence electrons. The van der Waals surface area contributed by atoms with E-state index in [4.69, 9.17) is 15.1 Å². The van der Waals surface area contributed by atoms with Gasteiger partial charge in [-0.25, -0.2) is 9.97 Å². The van der Waals surface area contributed by atoms with Gasteiger partial charge < -0.3 is 10.0 Å². The van der Waals surface area contributed by atoms with Gasteiger partial charge in [-0.1, -0.05) is 73.0 Å². The topological polar surface area (TPSA) is 66.3 Å². The Kier molecular flexibility index (Phi) is 7.38. The highest BCUT2D eigenvalue weighted by Gasteiger charge is 2.27. The van der Waals surface area contributed by atoms with Crippen LogP contribution >= 0.6 is 0 Å². The van der Waals surface area contributed by atoms with Crippen LogP contribution in [0.15, 0.2) is 54.6 Å². The molecule has 0 fully saturated rings. The number of nitrogens with zero attached hydrogens (tertiary/aromatic N) is 3. The molecule has 1 atom stereocenters. The summed E-state index contributed by atoms with van der Waals surface area (Å²) in [6.07, 6.45) is 6.04. The fraction of sp³-hybridized carbons (Fsp3) is 0.393. The van der Waals surface area contributed by atoms with Crippen molar-refractivity contribution in [1.82, 2.24) is 9.97 Å². The number of fused-ring (bicyclic) bond motifs is 1. The van der Waals surface area contributed by atoms with E-state index in [0.29, 0.717) is 6.04 Å². The second kappa shape index (κ2) is 10.6. The van der Waals surface area contributed by atoms with Gasteiger partial charge in [0.15, 0.2) is 5.82 Å². The maximum absolute atomic E-state index is 10.7. The number of carbonyl (C=O) groups is 1. The van der Waals surface area contributed by atoms with Gasteiger partial charge in [0.1, 0.15) is 0 Å². The van der Waals surface area contributed by atoms with Crippen molar-refractivity contribution in [3.05, 3.63) is 65.9 Å². The quantitative estimate of drug-likeness (QED) is 0.393. The summed E-state index contributed by atoms with van der Waals surface area (Å²) in [6, 6.07) is 19.3. The van der Waals surface area contributed by atoms with Gasteiger partial charge in [0, 0.05) is 30.1 Å². The standard InChI is InChI=1S/C28H33N3O2/c1-20-13-16-23(17-14-20)27-26(22-10-6-5-7-11-22)29-24-18-15-21(2)31(28(24)30-27)19-9-4-3-8-12-25(32)33/h5-7,10-11,13-14,16-17,21H,3-4,8-9,12,15,18-19H2,1-2H3,(H,32,33). The number of aromatic nitrogens is 2. The van der Waals surface area contributed by atoms with Crippen LogP contribution in [0.25, 0.3) is 22.5 Å². The van der Waals surface area contributed by atoms with Gasteiger partial charge in [0.2, 0.25) is 0 Å². The number of hydrogen-bond donors (Lipinski definition) is 1. The molecule has 3 aromatic rings. The highest BCUT2D eigenvalue weighted by atomic mass is 16.4. The van der Waals surface area contributed by atoms with Crippen molar-refractivity contribution in [3.63, 3.8) is 0 Å². The summed E-state index contributed by atoms with van der Waals surface area (Å²) < 4.78 is 0. The largest absolute Gasteiger partial charge is 0.481 e. The van der Waals surface area contributed by atoms with Crippen molar-refractivity contribution in [2.75, 3.05) is 11.4 Å². The molecule has 33 heavy (non-hydrogen) atoms. The molecule has 1 aliphatic heterocycles. The zero-order valence-electron chi connectivity index (χ0n) is 19.6. The highest BCUT2D eigenvalue weighted by molar-refractivity contribution is 5.79. The third-order valence-corrected chi connectivity index (χ3v) is 6.46. The van der Waals surface area contributed by atoms with Crippen LogP contribution in [0.3, 0.4) is 0 Å². The maximum atomic E-state index is 10.7. The van der Waals surface area contributed by atoms with Crippen molar-refractivity contribution in [2.24, 2.45) is 0 Å². The Morgan fingerprint density at radius 1 is 0.939 bits per heavy atom. The van der Waals surface area contributed by atoms with E-state index < -0.39 is 5.97 Å². The van der Waals surface area contributed by atoms with E-state index in [-0.39, 0.29) is 6.42 Å². The van der Waals surface area contributed by atoms with Crippen molar-refractivity contribution in [3.8, 4) is 22.5 Å². The van der Waals surface area contributed by atoms with Crippen molar-refractivity contribution in [2.45, 2.75) is 64.8 Å². The number of aliphatic carboxylic acids is 1. The lowest BCUT2D eigenvalue weighted by Crippen LogP contribution is -2.39. The second-order valence-corrected chi connectivity index (χ2v) is 9.06. The Bertz CT molecular complexity index is 1080. The van der Waals surface area contributed by atoms with Crippen molar-refractivity contribution < 1.29 is 9.90 Å². The Hall–Kier alpha value is -3.21. The van der Waals surface area contributed by atoms with Crippen LogP contribution in [-0.2, 0) is 11.2 Å². The molecule has 2 heterocycles. The molecule has 1 unspecified atom stereocenters. The Labute approximate surface area is 196 Å². The zero-order chi connectivity index (χ0) is 23.2. The molecular weight excluding hydrogens is 410 g/mol. The maximum Gasteiger partial charge on any atom is 0.303 e. The fourth-order valence-electron chi connectivity index (χ4n) is 4.52. The number of hydrogen-bond acceptors (Lipinski definition) is 4. The SMILES string of the molecule is Cc1ccc(-c2nc3c(nc2-c2ccccc2)CCC(C)N3CCCCCCC(=O)O)cc1. The number of benzene rings is 2. The van der Waals surface area contributed by atoms with Crippen LogP contribution in [0.5, 0.6) is 0 Å². The minimum absolute atomic E-state index is 0.261. The first kappa shape index (κ1) is 23.0. The molecule has 1 N–H and O–H groups in total. The average Bonchev–Trinajstić information content (AvgIpc) is 2.82. The minimum atomic E-state index is -0.707. The van der Waals surface area contributed by atoms with E-state index in [0.717, 1.165) is 79.1 Å². The molecule has 0 spiro atoms. The van der Waals surface area contributed by atoms with Crippen LogP contribution in [-0.4, -0.2) is 33.6 Å². The molecule has 0 radical (unpaired) electrons. The number of anilines is 1. The first-order chi connectivity index (χ1) is 16.0. The lowest BCUT2D eigenvalue weighted by atomic mass is 9.99. The molecule has 1 aromatic heterocycles. The minimum Gasteiger partial charge on any atom is -0.481 e. The van der Waals surface area contributed by atoms with E-state index in [1.54, 1.807) is 0 Å². The molecule has 0 bridgehead atoms. The molecule has 0 amide bonds. The first-order valence-corrected chi connectivity index (χ1v) is 12.0. The van der Waals surface area contributed by atoms with Crippen LogP contribution < -0.4 is 4.90 Å².